The Labute approximate surface area is 139 Å². The second kappa shape index (κ2) is 10.2. The van der Waals surface area contributed by atoms with Gasteiger partial charge in [-0.2, -0.15) is 0 Å². The number of unbranched alkanes of at least 4 members (excludes halogenated alkanes) is 1. The number of nitrogens with zero attached hydrogens (tertiary/aromatic N) is 1. The molecular formula is C16H31N3O4. The van der Waals surface area contributed by atoms with E-state index >= 15 is 0 Å². The molecule has 0 heterocycles. The molecule has 23 heavy (non-hydrogen) atoms. The first kappa shape index (κ1) is 21.4. The summed E-state index contributed by atoms with van der Waals surface area (Å²) in [5, 5.41) is 11.3. The van der Waals surface area contributed by atoms with E-state index in [0.29, 0.717) is 18.6 Å². The molecule has 2 amide bonds. The van der Waals surface area contributed by atoms with Crippen molar-refractivity contribution in [2.24, 2.45) is 0 Å². The maximum atomic E-state index is 12.2. The first-order valence-electron chi connectivity index (χ1n) is 7.98. The number of hydroxylamine groups is 2. The molecule has 2 N–H and O–H groups in total. The van der Waals surface area contributed by atoms with Crippen LogP contribution in [0.25, 0.3) is 0 Å². The van der Waals surface area contributed by atoms with Crippen LogP contribution in [0.4, 0.5) is 4.79 Å². The quantitative estimate of drug-likeness (QED) is 0.386. The van der Waals surface area contributed by atoms with Gasteiger partial charge in [-0.25, -0.2) is 9.86 Å². The molecule has 1 atom stereocenters. The van der Waals surface area contributed by atoms with E-state index in [0.717, 1.165) is 24.3 Å². The van der Waals surface area contributed by atoms with Gasteiger partial charge in [-0.1, -0.05) is 13.3 Å². The average Bonchev–Trinajstić information content (AvgIpc) is 2.46. The normalized spacial score (nSPS) is 12.4. The van der Waals surface area contributed by atoms with E-state index in [4.69, 9.17) is 15.0 Å². The minimum Gasteiger partial charge on any atom is -0.444 e. The van der Waals surface area contributed by atoms with Gasteiger partial charge in [0.1, 0.15) is 11.6 Å². The van der Waals surface area contributed by atoms with Crippen molar-refractivity contribution in [3.63, 3.8) is 0 Å². The number of rotatable bonds is 9. The van der Waals surface area contributed by atoms with Crippen molar-refractivity contribution in [2.75, 3.05) is 14.2 Å². The van der Waals surface area contributed by atoms with Crippen LogP contribution in [0.2, 0.25) is 0 Å². The molecule has 0 fully saturated rings. The van der Waals surface area contributed by atoms with Gasteiger partial charge in [-0.05, 0) is 46.5 Å². The molecule has 134 valence electrons. The third-order valence-corrected chi connectivity index (χ3v) is 3.22. The minimum atomic E-state index is -0.703. The number of nitrogens with one attached hydrogen (secondary N) is 2. The summed E-state index contributed by atoms with van der Waals surface area (Å²) in [5.41, 5.74) is 0.0723. The summed E-state index contributed by atoms with van der Waals surface area (Å²) in [6, 6.07) is -0.703. The first-order chi connectivity index (χ1) is 10.6. The number of hydrogen-bond donors (Lipinski definition) is 2. The predicted octanol–water partition coefficient (Wildman–Crippen LogP) is 2.89. The van der Waals surface area contributed by atoms with Gasteiger partial charge in [-0.15, -0.1) is 0 Å². The van der Waals surface area contributed by atoms with Gasteiger partial charge in [0.2, 0.25) is 0 Å². The number of likely N-dealkylation sites (N-methyl/N-ethyl adjacent to an activating group) is 1. The highest BCUT2D eigenvalue weighted by Crippen LogP contribution is 2.11. The predicted molar refractivity (Wildman–Crippen MR) is 89.4 cm³/mol. The third-order valence-electron chi connectivity index (χ3n) is 3.22. The molecule has 0 aliphatic heterocycles. The summed E-state index contributed by atoms with van der Waals surface area (Å²) < 4.78 is 5.20. The van der Waals surface area contributed by atoms with E-state index < -0.39 is 17.7 Å². The Balaban J connectivity index is 4.60. The highest BCUT2D eigenvalue weighted by atomic mass is 16.7. The summed E-state index contributed by atoms with van der Waals surface area (Å²) >= 11 is 0. The lowest BCUT2D eigenvalue weighted by Gasteiger charge is -2.25. The number of carbonyl (C=O) groups excluding carboxylic acids is 2. The highest BCUT2D eigenvalue weighted by Gasteiger charge is 2.26. The second-order valence-corrected chi connectivity index (χ2v) is 6.42. The van der Waals surface area contributed by atoms with Crippen LogP contribution in [0.15, 0.2) is 0 Å². The molecule has 0 aromatic carbocycles. The molecular weight excluding hydrogens is 298 g/mol. The standard InChI is InChI=1S/C16H31N3O4/c1-7-12(17)10-8-9-11-13(14(20)19(5)22-6)18-15(21)23-16(2,3)4/h13,17H,7-11H2,1-6H3,(H,18,21)/t13-/m0/s1. The van der Waals surface area contributed by atoms with Crippen molar-refractivity contribution in [2.45, 2.75) is 71.4 Å². The van der Waals surface area contributed by atoms with Gasteiger partial charge >= 0.3 is 6.09 Å². The van der Waals surface area contributed by atoms with Gasteiger partial charge in [0.15, 0.2) is 0 Å². The van der Waals surface area contributed by atoms with Gasteiger partial charge in [0.25, 0.3) is 5.91 Å². The van der Waals surface area contributed by atoms with Gasteiger partial charge in [0.05, 0.1) is 7.11 Å². The topological polar surface area (TPSA) is 91.7 Å². The monoisotopic (exact) mass is 329 g/mol. The summed E-state index contributed by atoms with van der Waals surface area (Å²) in [7, 11) is 2.89. The molecule has 0 saturated carbocycles. The lowest BCUT2D eigenvalue weighted by molar-refractivity contribution is -0.171. The second-order valence-electron chi connectivity index (χ2n) is 6.42. The lowest BCUT2D eigenvalue weighted by atomic mass is 10.0. The Kier molecular flexibility index (Phi) is 9.48. The minimum absolute atomic E-state index is 0.330. The molecule has 0 aliphatic carbocycles. The molecule has 0 bridgehead atoms. The van der Waals surface area contributed by atoms with Gasteiger partial charge in [-0.3, -0.25) is 9.63 Å². The van der Waals surface area contributed by atoms with Crippen molar-refractivity contribution in [1.82, 2.24) is 10.4 Å². The van der Waals surface area contributed by atoms with Crippen LogP contribution < -0.4 is 5.32 Å². The SMILES string of the molecule is CCC(=N)CCCC[C@H](NC(=O)OC(C)(C)C)C(=O)N(C)OC. The number of ether oxygens (including phenoxy) is 1. The summed E-state index contributed by atoms with van der Waals surface area (Å²) in [6.45, 7) is 7.25. The van der Waals surface area contributed by atoms with Crippen LogP contribution in [0.1, 0.15) is 59.8 Å². The van der Waals surface area contributed by atoms with E-state index in [1.807, 2.05) is 6.92 Å². The summed E-state index contributed by atoms with van der Waals surface area (Å²) in [4.78, 5) is 29.0. The highest BCUT2D eigenvalue weighted by molar-refractivity contribution is 5.85. The fraction of sp³-hybridized carbons (Fsp3) is 0.812. The van der Waals surface area contributed by atoms with Crippen LogP contribution in [-0.4, -0.2) is 48.6 Å². The number of alkyl carbamates (subject to hydrolysis) is 1. The van der Waals surface area contributed by atoms with E-state index in [2.05, 4.69) is 5.32 Å². The molecule has 0 saturated heterocycles. The fourth-order valence-corrected chi connectivity index (χ4v) is 1.88. The zero-order valence-corrected chi connectivity index (χ0v) is 15.2. The van der Waals surface area contributed by atoms with E-state index in [1.165, 1.54) is 14.2 Å². The summed E-state index contributed by atoms with van der Waals surface area (Å²) in [5.74, 6) is -0.330. The van der Waals surface area contributed by atoms with Crippen molar-refractivity contribution < 1.29 is 19.2 Å². The van der Waals surface area contributed by atoms with Crippen LogP contribution >= 0.6 is 0 Å². The van der Waals surface area contributed by atoms with Crippen molar-refractivity contribution in [3.05, 3.63) is 0 Å². The molecule has 0 unspecified atom stereocenters. The number of carbonyl (C=O) groups is 2. The molecule has 0 spiro atoms. The van der Waals surface area contributed by atoms with Crippen molar-refractivity contribution in [3.8, 4) is 0 Å². The molecule has 7 heteroatoms. The average molecular weight is 329 g/mol. The lowest BCUT2D eigenvalue weighted by Crippen LogP contribution is -2.48. The number of amides is 2. The zero-order valence-electron chi connectivity index (χ0n) is 15.2. The van der Waals surface area contributed by atoms with E-state index in [9.17, 15) is 9.59 Å². The summed E-state index contributed by atoms with van der Waals surface area (Å²) in [6.07, 6.45) is 2.84. The van der Waals surface area contributed by atoms with Gasteiger partial charge < -0.3 is 15.5 Å². The fourth-order valence-electron chi connectivity index (χ4n) is 1.88. The first-order valence-corrected chi connectivity index (χ1v) is 7.98. The van der Waals surface area contributed by atoms with E-state index in [1.54, 1.807) is 20.8 Å². The Bertz CT molecular complexity index is 405. The Hall–Kier alpha value is -1.63. The van der Waals surface area contributed by atoms with Crippen LogP contribution in [-0.2, 0) is 14.4 Å². The molecule has 0 radical (unpaired) electrons. The maximum absolute atomic E-state index is 12.2. The molecule has 0 aromatic heterocycles. The van der Waals surface area contributed by atoms with Gasteiger partial charge in [0, 0.05) is 12.8 Å². The van der Waals surface area contributed by atoms with Crippen molar-refractivity contribution in [1.29, 1.82) is 5.41 Å². The molecule has 7 nitrogen and oxygen atoms in total. The zero-order chi connectivity index (χ0) is 18.0. The number of hydrogen-bond acceptors (Lipinski definition) is 5. The Morgan fingerprint density at radius 3 is 2.35 bits per heavy atom. The van der Waals surface area contributed by atoms with Crippen molar-refractivity contribution >= 4 is 17.7 Å². The van der Waals surface area contributed by atoms with Crippen LogP contribution in [0.5, 0.6) is 0 Å². The molecule has 0 aliphatic rings. The van der Waals surface area contributed by atoms with Crippen LogP contribution in [0, 0.1) is 5.41 Å². The third kappa shape index (κ3) is 9.89. The smallest absolute Gasteiger partial charge is 0.408 e. The Morgan fingerprint density at radius 1 is 1.26 bits per heavy atom. The van der Waals surface area contributed by atoms with Crippen LogP contribution in [0.3, 0.4) is 0 Å². The molecule has 0 aromatic rings. The maximum Gasteiger partial charge on any atom is 0.408 e. The van der Waals surface area contributed by atoms with E-state index in [-0.39, 0.29) is 5.91 Å². The largest absolute Gasteiger partial charge is 0.444 e. The molecule has 0 rings (SSSR count). The Morgan fingerprint density at radius 2 is 1.87 bits per heavy atom.